The summed E-state index contributed by atoms with van der Waals surface area (Å²) in [6.07, 6.45) is 8.07. The molecule has 0 aliphatic rings. The van der Waals surface area contributed by atoms with Crippen molar-refractivity contribution < 1.29 is 0 Å². The molecule has 0 saturated carbocycles. The molecular formula is C110H84N12. The van der Waals surface area contributed by atoms with Gasteiger partial charge in [-0.15, -0.1) is 20.4 Å². The first-order valence-corrected chi connectivity index (χ1v) is 40.8. The van der Waals surface area contributed by atoms with Crippen molar-refractivity contribution in [3.63, 3.8) is 0 Å². The number of nitrogens with one attached hydrogen (secondary N) is 1. The molecule has 2 heterocycles. The molecular weight excluding hydrogens is 1490 g/mol. The van der Waals surface area contributed by atoms with Gasteiger partial charge >= 0.3 is 0 Å². The Balaban J connectivity index is 0.000000168. The topological polar surface area (TPSA) is 91.7 Å². The average Bonchev–Trinajstić information content (AvgIpc) is 1.08. The van der Waals surface area contributed by atoms with Crippen LogP contribution in [0.15, 0.2) is 479 Å². The number of anilines is 18. The summed E-state index contributed by atoms with van der Waals surface area (Å²) in [4.78, 5) is 17.1. The van der Waals surface area contributed by atoms with Gasteiger partial charge in [0.2, 0.25) is 0 Å². The standard InChI is InChI=1S/C58H44N6.C52H40N6/c1-7-19-45(20-8-1)31-44-57-59-60-58(64(57)51-29-17-6-18-30-51)46-32-34-52(35-33-46)63(55-40-36-53(37-41-55)61(47-21-9-2-10-22-47)48-23-11-3-12-24-48)56-42-38-54(39-43-56)62(49-25-13-4-14-26-49)50-27-15-5-16-28-50;1-6-16-40(17-7-1)26-39-51-53-52(55-54-51)41-27-29-46(30-28-41)58(49-35-31-47(32-36-49)56(42-18-8-2-9-19-42)43-20-10-3-11-21-43)50-37-33-48(34-38-50)57(44-22-12-4-13-23-44)45-24-14-5-15-25-45/h1-44H;1-39H,(H,53,54,55). The largest absolute Gasteiger partial charge is 0.321 e. The van der Waals surface area contributed by atoms with E-state index < -0.39 is 0 Å². The molecule has 0 unspecified atom stereocenters. The zero-order chi connectivity index (χ0) is 81.9. The number of hydrogen-bond acceptors (Lipinski definition) is 10. The summed E-state index contributed by atoms with van der Waals surface area (Å²) in [5.41, 5.74) is 24.2. The predicted molar refractivity (Wildman–Crippen MR) is 507 cm³/mol. The van der Waals surface area contributed by atoms with Crippen molar-refractivity contribution in [1.29, 1.82) is 0 Å². The zero-order valence-corrected chi connectivity index (χ0v) is 66.8. The first-order valence-electron chi connectivity index (χ1n) is 40.8. The number of aromatic amines is 1. The molecule has 17 aromatic carbocycles. The van der Waals surface area contributed by atoms with Crippen LogP contribution in [-0.2, 0) is 0 Å². The summed E-state index contributed by atoms with van der Waals surface area (Å²) in [5, 5.41) is 18.3. The fraction of sp³-hybridized carbons (Fsp3) is 0. The van der Waals surface area contributed by atoms with Crippen LogP contribution in [-0.4, -0.2) is 29.9 Å². The number of aromatic nitrogens is 6. The second-order valence-electron chi connectivity index (χ2n) is 29.0. The zero-order valence-electron chi connectivity index (χ0n) is 66.8. The van der Waals surface area contributed by atoms with Crippen LogP contribution in [0, 0.1) is 0 Å². The summed E-state index contributed by atoms with van der Waals surface area (Å²) in [5.74, 6) is 2.92. The normalized spacial score (nSPS) is 11.0. The molecule has 0 aliphatic carbocycles. The number of benzene rings is 17. The molecule has 122 heavy (non-hydrogen) atoms. The second-order valence-corrected chi connectivity index (χ2v) is 29.0. The molecule has 12 heteroatoms. The molecule has 0 bridgehead atoms. The number of hydrogen-bond donors (Lipinski definition) is 1. The lowest BCUT2D eigenvalue weighted by atomic mass is 10.1. The van der Waals surface area contributed by atoms with E-state index >= 15 is 0 Å². The molecule has 1 N–H and O–H groups in total. The maximum absolute atomic E-state index is 4.76. The van der Waals surface area contributed by atoms with Crippen molar-refractivity contribution >= 4 is 127 Å². The predicted octanol–water partition coefficient (Wildman–Crippen LogP) is 29.6. The first kappa shape index (κ1) is 76.6. The first-order chi connectivity index (χ1) is 60.5. The van der Waals surface area contributed by atoms with Gasteiger partial charge in [-0.25, -0.2) is 0 Å². The Hall–Kier alpha value is -16.7. The number of para-hydroxylation sites is 9. The minimum atomic E-state index is 0.699. The van der Waals surface area contributed by atoms with Gasteiger partial charge in [-0.05, 0) is 278 Å². The SMILES string of the molecule is C(=Cc1nnc(-c2ccc(N(c3ccc(N(c4ccccc4)c4ccccc4)cc3)c3ccc(N(c4ccccc4)c4ccccc4)cc3)cc2)[nH]1)c1ccccc1.C(=Cc1nnc(-c2ccc(N(c3ccc(N(c4ccccc4)c4ccccc4)cc3)c3ccc(N(c4ccccc4)c4ccccc4)cc3)cc2)n1-c1ccccc1)c1ccccc1. The van der Waals surface area contributed by atoms with E-state index in [9.17, 15) is 0 Å². The lowest BCUT2D eigenvalue weighted by Gasteiger charge is -2.29. The lowest BCUT2D eigenvalue weighted by Crippen LogP contribution is -2.13. The Morgan fingerprint density at radius 3 is 0.656 bits per heavy atom. The molecule has 0 fully saturated rings. The van der Waals surface area contributed by atoms with Crippen molar-refractivity contribution in [3.05, 3.63) is 502 Å². The van der Waals surface area contributed by atoms with Crippen molar-refractivity contribution in [2.24, 2.45) is 0 Å². The maximum atomic E-state index is 4.76. The quantitative estimate of drug-likeness (QED) is 0.0596. The Kier molecular flexibility index (Phi) is 23.3. The van der Waals surface area contributed by atoms with E-state index in [1.807, 2.05) is 97.1 Å². The van der Waals surface area contributed by atoms with Gasteiger partial charge in [0.05, 0.1) is 0 Å². The molecule has 12 nitrogen and oxygen atoms in total. The van der Waals surface area contributed by atoms with Gasteiger partial charge in [0.1, 0.15) is 0 Å². The van der Waals surface area contributed by atoms with Gasteiger partial charge in [-0.3, -0.25) is 4.57 Å². The van der Waals surface area contributed by atoms with Gasteiger partial charge in [0, 0.05) is 119 Å². The van der Waals surface area contributed by atoms with E-state index in [0.717, 1.165) is 142 Å². The number of rotatable bonds is 25. The van der Waals surface area contributed by atoms with Crippen molar-refractivity contribution in [2.45, 2.75) is 0 Å². The number of nitrogens with zero attached hydrogens (tertiary/aromatic N) is 11. The molecule has 0 radical (unpaired) electrons. The van der Waals surface area contributed by atoms with Crippen LogP contribution in [0.4, 0.5) is 102 Å². The van der Waals surface area contributed by atoms with E-state index in [4.69, 9.17) is 5.10 Å². The Morgan fingerprint density at radius 1 is 0.180 bits per heavy atom. The van der Waals surface area contributed by atoms with Crippen LogP contribution < -0.4 is 29.4 Å². The van der Waals surface area contributed by atoms with E-state index in [1.54, 1.807) is 0 Å². The Bertz CT molecular complexity index is 6130. The third-order valence-corrected chi connectivity index (χ3v) is 21.0. The van der Waals surface area contributed by atoms with Gasteiger partial charge in [0.15, 0.2) is 23.3 Å². The van der Waals surface area contributed by atoms with Crippen LogP contribution in [0.5, 0.6) is 0 Å². The molecule has 0 aliphatic heterocycles. The summed E-state index contributed by atoms with van der Waals surface area (Å²) in [7, 11) is 0. The summed E-state index contributed by atoms with van der Waals surface area (Å²) >= 11 is 0. The maximum Gasteiger partial charge on any atom is 0.168 e. The second kappa shape index (κ2) is 37.1. The van der Waals surface area contributed by atoms with Crippen molar-refractivity contribution in [2.75, 3.05) is 29.4 Å². The minimum Gasteiger partial charge on any atom is -0.321 e. The van der Waals surface area contributed by atoms with Crippen molar-refractivity contribution in [1.82, 2.24) is 29.9 Å². The molecule has 19 rings (SSSR count). The fourth-order valence-electron chi connectivity index (χ4n) is 15.2. The summed E-state index contributed by atoms with van der Waals surface area (Å²) in [6, 6.07) is 167. The van der Waals surface area contributed by atoms with Gasteiger partial charge in [-0.2, -0.15) is 0 Å². The molecule has 0 atom stereocenters. The third-order valence-electron chi connectivity index (χ3n) is 21.0. The average molecular weight is 1570 g/mol. The fourth-order valence-corrected chi connectivity index (χ4v) is 15.2. The Labute approximate surface area is 712 Å². The van der Waals surface area contributed by atoms with E-state index in [2.05, 4.69) is 461 Å². The van der Waals surface area contributed by atoms with E-state index in [-0.39, 0.29) is 0 Å². The van der Waals surface area contributed by atoms with Crippen LogP contribution >= 0.6 is 0 Å². The summed E-state index contributed by atoms with van der Waals surface area (Å²) in [6.45, 7) is 0. The molecule has 2 aromatic heterocycles. The monoisotopic (exact) mass is 1570 g/mol. The molecule has 0 amide bonds. The lowest BCUT2D eigenvalue weighted by molar-refractivity contribution is 1.04. The molecule has 0 spiro atoms. The van der Waals surface area contributed by atoms with E-state index in [0.29, 0.717) is 11.6 Å². The highest BCUT2D eigenvalue weighted by Gasteiger charge is 2.23. The highest BCUT2D eigenvalue weighted by atomic mass is 15.3. The minimum absolute atomic E-state index is 0.699. The van der Waals surface area contributed by atoms with Crippen LogP contribution in [0.3, 0.4) is 0 Å². The van der Waals surface area contributed by atoms with Crippen LogP contribution in [0.2, 0.25) is 0 Å². The number of H-pyrrole nitrogens is 1. The van der Waals surface area contributed by atoms with E-state index in [1.165, 1.54) is 0 Å². The molecule has 19 aromatic rings. The smallest absolute Gasteiger partial charge is 0.168 e. The van der Waals surface area contributed by atoms with Crippen molar-refractivity contribution in [3.8, 4) is 28.5 Å². The third kappa shape index (κ3) is 17.7. The highest BCUT2D eigenvalue weighted by Crippen LogP contribution is 2.45. The van der Waals surface area contributed by atoms with Crippen LogP contribution in [0.25, 0.3) is 52.8 Å². The highest BCUT2D eigenvalue weighted by molar-refractivity contribution is 5.88. The molecule has 584 valence electrons. The Morgan fingerprint density at radius 2 is 0.393 bits per heavy atom. The van der Waals surface area contributed by atoms with Gasteiger partial charge in [-0.1, -0.05) is 237 Å². The summed E-state index contributed by atoms with van der Waals surface area (Å²) < 4.78 is 2.11. The molecule has 0 saturated heterocycles. The van der Waals surface area contributed by atoms with Gasteiger partial charge in [0.25, 0.3) is 0 Å². The van der Waals surface area contributed by atoms with Crippen LogP contribution in [0.1, 0.15) is 22.8 Å². The van der Waals surface area contributed by atoms with Gasteiger partial charge < -0.3 is 34.4 Å².